The van der Waals surface area contributed by atoms with Gasteiger partial charge in [0, 0.05) is 18.8 Å². The monoisotopic (exact) mass is 278 g/mol. The quantitative estimate of drug-likeness (QED) is 0.750. The van der Waals surface area contributed by atoms with Gasteiger partial charge in [0.1, 0.15) is 6.07 Å². The lowest BCUT2D eigenvalue weighted by Gasteiger charge is -2.08. The van der Waals surface area contributed by atoms with Crippen LogP contribution in [0.2, 0.25) is 0 Å². The molecule has 5 heteroatoms. The molecule has 0 aliphatic carbocycles. The first-order valence-corrected chi connectivity index (χ1v) is 7.30. The van der Waals surface area contributed by atoms with Crippen LogP contribution in [0.4, 0.5) is 5.69 Å². The van der Waals surface area contributed by atoms with Gasteiger partial charge in [0.15, 0.2) is 0 Å². The molecule has 0 aliphatic heterocycles. The molecule has 0 saturated carbocycles. The van der Waals surface area contributed by atoms with Crippen LogP contribution in [0.3, 0.4) is 0 Å². The Kier molecular flexibility index (Phi) is 7.01. The lowest BCUT2D eigenvalue weighted by molar-refractivity contribution is -0.115. The smallest absolute Gasteiger partial charge is 0.225 e. The highest BCUT2D eigenvalue weighted by Gasteiger charge is 2.06. The minimum atomic E-state index is -0.0909. The summed E-state index contributed by atoms with van der Waals surface area (Å²) in [6, 6.07) is 8.99. The molecule has 1 unspecified atom stereocenters. The van der Waals surface area contributed by atoms with Crippen LogP contribution >= 0.6 is 11.8 Å². The van der Waals surface area contributed by atoms with Gasteiger partial charge < -0.3 is 10.4 Å². The number of hydrogen-bond acceptors (Lipinski definition) is 4. The minimum absolute atomic E-state index is 0.0909. The zero-order valence-corrected chi connectivity index (χ0v) is 11.7. The number of carbonyl (C=O) groups excluding carboxylic acids is 1. The summed E-state index contributed by atoms with van der Waals surface area (Å²) in [6.07, 6.45) is 0.405. The molecular formula is C14H18N2O2S. The molecular weight excluding hydrogens is 260 g/mol. The SMILES string of the molecule is CC(CO)CSCCC(=O)Nc1ccccc1C#N. The van der Waals surface area contributed by atoms with Gasteiger partial charge in [-0.05, 0) is 23.8 Å². The molecule has 0 aliphatic rings. The van der Waals surface area contributed by atoms with Crippen LogP contribution in [-0.4, -0.2) is 29.1 Å². The molecule has 0 radical (unpaired) electrons. The summed E-state index contributed by atoms with van der Waals surface area (Å²) in [5, 5.41) is 20.5. The van der Waals surface area contributed by atoms with E-state index in [2.05, 4.69) is 5.32 Å². The molecule has 2 N–H and O–H groups in total. The van der Waals surface area contributed by atoms with Crippen molar-refractivity contribution < 1.29 is 9.90 Å². The van der Waals surface area contributed by atoms with Crippen molar-refractivity contribution in [3.8, 4) is 6.07 Å². The van der Waals surface area contributed by atoms with Crippen LogP contribution in [0.15, 0.2) is 24.3 Å². The second kappa shape index (κ2) is 8.57. The van der Waals surface area contributed by atoms with E-state index in [1.807, 2.05) is 13.0 Å². The van der Waals surface area contributed by atoms with Crippen molar-refractivity contribution >= 4 is 23.4 Å². The minimum Gasteiger partial charge on any atom is -0.396 e. The molecule has 0 bridgehead atoms. The molecule has 4 nitrogen and oxygen atoms in total. The normalized spacial score (nSPS) is 11.6. The fourth-order valence-corrected chi connectivity index (χ4v) is 2.41. The number of carbonyl (C=O) groups is 1. The summed E-state index contributed by atoms with van der Waals surface area (Å²) in [5.74, 6) is 1.72. The molecule has 1 aromatic carbocycles. The fraction of sp³-hybridized carbons (Fsp3) is 0.429. The molecule has 0 spiro atoms. The van der Waals surface area contributed by atoms with E-state index in [1.165, 1.54) is 0 Å². The average molecular weight is 278 g/mol. The van der Waals surface area contributed by atoms with Crippen LogP contribution in [-0.2, 0) is 4.79 Å². The number of amides is 1. The number of para-hydroxylation sites is 1. The first-order chi connectivity index (χ1) is 9.17. The lowest BCUT2D eigenvalue weighted by Crippen LogP contribution is -2.13. The zero-order chi connectivity index (χ0) is 14.1. The third-order valence-electron chi connectivity index (χ3n) is 2.51. The highest BCUT2D eigenvalue weighted by atomic mass is 32.2. The van der Waals surface area contributed by atoms with E-state index in [1.54, 1.807) is 36.0 Å². The third-order valence-corrected chi connectivity index (χ3v) is 3.81. The van der Waals surface area contributed by atoms with Crippen LogP contribution in [0.1, 0.15) is 18.9 Å². The van der Waals surface area contributed by atoms with Gasteiger partial charge in [0.2, 0.25) is 5.91 Å². The molecule has 102 valence electrons. The van der Waals surface area contributed by atoms with E-state index in [9.17, 15) is 4.79 Å². The lowest BCUT2D eigenvalue weighted by atomic mass is 10.2. The Labute approximate surface area is 117 Å². The van der Waals surface area contributed by atoms with Gasteiger partial charge >= 0.3 is 0 Å². The number of aliphatic hydroxyl groups excluding tert-OH is 1. The zero-order valence-electron chi connectivity index (χ0n) is 10.9. The fourth-order valence-electron chi connectivity index (χ4n) is 1.40. The predicted molar refractivity (Wildman–Crippen MR) is 78.0 cm³/mol. The topological polar surface area (TPSA) is 73.1 Å². The Hall–Kier alpha value is -1.51. The van der Waals surface area contributed by atoms with Crippen molar-refractivity contribution in [3.63, 3.8) is 0 Å². The van der Waals surface area contributed by atoms with Crippen molar-refractivity contribution in [2.75, 3.05) is 23.4 Å². The number of rotatable bonds is 7. The standard InChI is InChI=1S/C14H18N2O2S/c1-11(9-17)10-19-7-6-14(18)16-13-5-3-2-4-12(13)8-15/h2-5,11,17H,6-7,9-10H2,1H3,(H,16,18). The Morgan fingerprint density at radius 3 is 2.95 bits per heavy atom. The van der Waals surface area contributed by atoms with Crippen LogP contribution < -0.4 is 5.32 Å². The van der Waals surface area contributed by atoms with Gasteiger partial charge in [-0.1, -0.05) is 19.1 Å². The van der Waals surface area contributed by atoms with Crippen molar-refractivity contribution in [1.29, 1.82) is 5.26 Å². The van der Waals surface area contributed by atoms with Crippen molar-refractivity contribution in [1.82, 2.24) is 0 Å². The van der Waals surface area contributed by atoms with E-state index in [0.29, 0.717) is 23.4 Å². The van der Waals surface area contributed by atoms with Crippen molar-refractivity contribution in [2.45, 2.75) is 13.3 Å². The van der Waals surface area contributed by atoms with E-state index < -0.39 is 0 Å². The highest BCUT2D eigenvalue weighted by Crippen LogP contribution is 2.14. The van der Waals surface area contributed by atoms with E-state index in [-0.39, 0.29) is 18.4 Å². The Morgan fingerprint density at radius 1 is 1.53 bits per heavy atom. The van der Waals surface area contributed by atoms with E-state index >= 15 is 0 Å². The first kappa shape index (κ1) is 15.5. The Bertz CT molecular complexity index is 457. The molecule has 1 atom stereocenters. The number of aliphatic hydroxyl groups is 1. The molecule has 1 amide bonds. The summed E-state index contributed by atoms with van der Waals surface area (Å²) in [6.45, 7) is 2.14. The Balaban J connectivity index is 2.34. The van der Waals surface area contributed by atoms with Gasteiger partial charge in [-0.25, -0.2) is 0 Å². The number of nitrogens with zero attached hydrogens (tertiary/aromatic N) is 1. The molecule has 1 rings (SSSR count). The molecule has 0 aromatic heterocycles. The predicted octanol–water partition coefficient (Wildman–Crippen LogP) is 2.25. The largest absolute Gasteiger partial charge is 0.396 e. The van der Waals surface area contributed by atoms with Crippen molar-refractivity contribution in [2.24, 2.45) is 5.92 Å². The van der Waals surface area contributed by atoms with Crippen molar-refractivity contribution in [3.05, 3.63) is 29.8 Å². The number of thioether (sulfide) groups is 1. The van der Waals surface area contributed by atoms with Gasteiger partial charge in [0.25, 0.3) is 0 Å². The maximum atomic E-state index is 11.7. The highest BCUT2D eigenvalue weighted by molar-refractivity contribution is 7.99. The molecule has 0 heterocycles. The summed E-state index contributed by atoms with van der Waals surface area (Å²) >= 11 is 1.65. The second-order valence-corrected chi connectivity index (χ2v) is 5.47. The van der Waals surface area contributed by atoms with Gasteiger partial charge in [-0.3, -0.25) is 4.79 Å². The summed E-state index contributed by atoms with van der Waals surface area (Å²) in [7, 11) is 0. The van der Waals surface area contributed by atoms with Gasteiger partial charge in [0.05, 0.1) is 11.3 Å². The number of nitriles is 1. The Morgan fingerprint density at radius 2 is 2.26 bits per heavy atom. The first-order valence-electron chi connectivity index (χ1n) is 6.15. The average Bonchev–Trinajstić information content (AvgIpc) is 2.43. The maximum absolute atomic E-state index is 11.7. The molecule has 1 aromatic rings. The number of hydrogen-bond donors (Lipinski definition) is 2. The number of nitrogens with one attached hydrogen (secondary N) is 1. The van der Waals surface area contributed by atoms with Gasteiger partial charge in [-0.15, -0.1) is 0 Å². The van der Waals surface area contributed by atoms with Gasteiger partial charge in [-0.2, -0.15) is 17.0 Å². The molecule has 0 fully saturated rings. The van der Waals surface area contributed by atoms with Crippen LogP contribution in [0.25, 0.3) is 0 Å². The summed E-state index contributed by atoms with van der Waals surface area (Å²) in [4.78, 5) is 11.7. The van der Waals surface area contributed by atoms with Crippen LogP contribution in [0.5, 0.6) is 0 Å². The summed E-state index contributed by atoms with van der Waals surface area (Å²) < 4.78 is 0. The number of benzene rings is 1. The third kappa shape index (κ3) is 5.77. The molecule has 19 heavy (non-hydrogen) atoms. The number of anilines is 1. The molecule has 0 saturated heterocycles. The van der Waals surface area contributed by atoms with Crippen LogP contribution in [0, 0.1) is 17.2 Å². The maximum Gasteiger partial charge on any atom is 0.225 e. The van der Waals surface area contributed by atoms with E-state index in [0.717, 1.165) is 5.75 Å². The summed E-state index contributed by atoms with van der Waals surface area (Å²) in [5.41, 5.74) is 1.03. The van der Waals surface area contributed by atoms with E-state index in [4.69, 9.17) is 10.4 Å². The second-order valence-electron chi connectivity index (χ2n) is 4.32.